The second-order valence-electron chi connectivity index (χ2n) is 6.99. The number of nitrogens with one attached hydrogen (secondary N) is 2. The van der Waals surface area contributed by atoms with Crippen LogP contribution in [0.4, 0.5) is 0 Å². The van der Waals surface area contributed by atoms with Crippen LogP contribution in [0.1, 0.15) is 36.6 Å². The molecule has 2 aliphatic heterocycles. The fourth-order valence-corrected chi connectivity index (χ4v) is 4.64. The van der Waals surface area contributed by atoms with Gasteiger partial charge in [-0.3, -0.25) is 4.99 Å². The first kappa shape index (κ1) is 18.3. The van der Waals surface area contributed by atoms with E-state index < -0.39 is 0 Å². The van der Waals surface area contributed by atoms with Crippen LogP contribution in [0.2, 0.25) is 0 Å². The van der Waals surface area contributed by atoms with Crippen molar-refractivity contribution in [3.05, 3.63) is 54.0 Å². The van der Waals surface area contributed by atoms with Gasteiger partial charge >= 0.3 is 0 Å². The lowest BCUT2D eigenvalue weighted by molar-refractivity contribution is 0.261. The van der Waals surface area contributed by atoms with Crippen molar-refractivity contribution in [1.29, 1.82) is 0 Å². The molecular weight excluding hydrogens is 358 g/mol. The van der Waals surface area contributed by atoms with Gasteiger partial charge in [-0.2, -0.15) is 11.8 Å². The van der Waals surface area contributed by atoms with Crippen molar-refractivity contribution in [2.45, 2.75) is 37.8 Å². The summed E-state index contributed by atoms with van der Waals surface area (Å²) in [4.78, 5) is 4.84. The number of para-hydroxylation sites is 1. The highest BCUT2D eigenvalue weighted by atomic mass is 32.2. The molecule has 0 amide bonds. The van der Waals surface area contributed by atoms with Crippen molar-refractivity contribution < 1.29 is 9.15 Å². The molecular formula is C21H27N3O2S. The standard InChI is InChI=1S/C21H27N3O2S/c1-2-8-20-18(7-1)19(10-13-26-20)24-21(23-16-5-4-14-27-15-16)22-11-9-17-6-3-12-25-17/h1-3,6-8,12,16,19H,4-5,9-11,13-15H2,(H2,22,23,24). The first-order valence-corrected chi connectivity index (χ1v) is 10.9. The number of ether oxygens (including phenoxy) is 1. The molecule has 2 unspecified atom stereocenters. The number of hydrogen-bond donors (Lipinski definition) is 2. The van der Waals surface area contributed by atoms with E-state index >= 15 is 0 Å². The molecule has 6 heteroatoms. The minimum absolute atomic E-state index is 0.223. The van der Waals surface area contributed by atoms with Crippen LogP contribution in [-0.4, -0.2) is 36.7 Å². The Bertz CT molecular complexity index is 742. The van der Waals surface area contributed by atoms with Crippen molar-refractivity contribution in [2.24, 2.45) is 4.99 Å². The van der Waals surface area contributed by atoms with E-state index in [9.17, 15) is 0 Å². The largest absolute Gasteiger partial charge is 0.493 e. The van der Waals surface area contributed by atoms with Gasteiger partial charge in [0.2, 0.25) is 0 Å². The third kappa shape index (κ3) is 5.01. The van der Waals surface area contributed by atoms with Crippen molar-refractivity contribution in [3.63, 3.8) is 0 Å². The normalized spacial score (nSPS) is 22.6. The molecule has 1 saturated heterocycles. The first-order chi connectivity index (χ1) is 13.4. The van der Waals surface area contributed by atoms with Crippen LogP contribution < -0.4 is 15.4 Å². The fraction of sp³-hybridized carbons (Fsp3) is 0.476. The van der Waals surface area contributed by atoms with Crippen LogP contribution in [0.25, 0.3) is 0 Å². The number of nitrogens with zero attached hydrogens (tertiary/aromatic N) is 1. The maximum absolute atomic E-state index is 5.80. The van der Waals surface area contributed by atoms with Gasteiger partial charge in [-0.15, -0.1) is 0 Å². The molecule has 5 nitrogen and oxygen atoms in total. The summed E-state index contributed by atoms with van der Waals surface area (Å²) in [5.41, 5.74) is 1.21. The van der Waals surface area contributed by atoms with E-state index in [0.29, 0.717) is 12.6 Å². The average molecular weight is 386 g/mol. The predicted molar refractivity (Wildman–Crippen MR) is 111 cm³/mol. The van der Waals surface area contributed by atoms with E-state index in [1.165, 1.54) is 24.2 Å². The van der Waals surface area contributed by atoms with E-state index in [1.807, 2.05) is 36.0 Å². The summed E-state index contributed by atoms with van der Waals surface area (Å²) >= 11 is 2.02. The van der Waals surface area contributed by atoms with Gasteiger partial charge in [0.15, 0.2) is 5.96 Å². The second-order valence-corrected chi connectivity index (χ2v) is 8.14. The van der Waals surface area contributed by atoms with E-state index in [2.05, 4.69) is 22.8 Å². The Kier molecular flexibility index (Phi) is 6.25. The van der Waals surface area contributed by atoms with Crippen LogP contribution in [0.15, 0.2) is 52.1 Å². The lowest BCUT2D eigenvalue weighted by atomic mass is 10.0. The topological polar surface area (TPSA) is 58.8 Å². The average Bonchev–Trinajstić information content (AvgIpc) is 3.22. The van der Waals surface area contributed by atoms with Crippen LogP contribution in [0.3, 0.4) is 0 Å². The molecule has 2 aromatic rings. The molecule has 0 saturated carbocycles. The summed E-state index contributed by atoms with van der Waals surface area (Å²) in [5, 5.41) is 7.32. The molecule has 1 aromatic carbocycles. The number of guanidine groups is 1. The number of benzene rings is 1. The predicted octanol–water partition coefficient (Wildman–Crippen LogP) is 3.78. The number of furan rings is 1. The summed E-state index contributed by atoms with van der Waals surface area (Å²) in [5.74, 6) is 5.26. The monoisotopic (exact) mass is 385 g/mol. The Morgan fingerprint density at radius 2 is 2.11 bits per heavy atom. The van der Waals surface area contributed by atoms with Gasteiger partial charge < -0.3 is 19.8 Å². The quantitative estimate of drug-likeness (QED) is 0.606. The van der Waals surface area contributed by atoms with E-state index in [4.69, 9.17) is 14.1 Å². The molecule has 2 N–H and O–H groups in total. The summed E-state index contributed by atoms with van der Waals surface area (Å²) in [6, 6.07) is 12.9. The Balaban J connectivity index is 1.45. The zero-order chi connectivity index (χ0) is 18.3. The molecule has 3 heterocycles. The molecule has 1 aromatic heterocycles. The molecule has 0 spiro atoms. The Labute approximate surface area is 165 Å². The molecule has 0 bridgehead atoms. The highest BCUT2D eigenvalue weighted by molar-refractivity contribution is 7.99. The minimum Gasteiger partial charge on any atom is -0.493 e. The third-order valence-corrected chi connectivity index (χ3v) is 6.19. The number of fused-ring (bicyclic) bond motifs is 1. The second kappa shape index (κ2) is 9.22. The SMILES string of the molecule is c1coc(CCN=C(NC2CCCSC2)NC2CCOc3ccccc32)c1. The zero-order valence-corrected chi connectivity index (χ0v) is 16.3. The number of thioether (sulfide) groups is 1. The Hall–Kier alpha value is -2.08. The van der Waals surface area contributed by atoms with Crippen molar-refractivity contribution >= 4 is 17.7 Å². The summed E-state index contributed by atoms with van der Waals surface area (Å²) in [6.45, 7) is 1.43. The highest BCUT2D eigenvalue weighted by Crippen LogP contribution is 2.31. The van der Waals surface area contributed by atoms with Crippen molar-refractivity contribution in [3.8, 4) is 5.75 Å². The third-order valence-electron chi connectivity index (χ3n) is 4.98. The molecule has 0 aliphatic carbocycles. The zero-order valence-electron chi connectivity index (χ0n) is 15.5. The molecule has 144 valence electrons. The molecule has 27 heavy (non-hydrogen) atoms. The van der Waals surface area contributed by atoms with Gasteiger partial charge in [0.1, 0.15) is 11.5 Å². The summed E-state index contributed by atoms with van der Waals surface area (Å²) in [6.07, 6.45) is 5.94. The smallest absolute Gasteiger partial charge is 0.192 e. The van der Waals surface area contributed by atoms with Crippen LogP contribution in [0.5, 0.6) is 5.75 Å². The Morgan fingerprint density at radius 1 is 1.15 bits per heavy atom. The minimum atomic E-state index is 0.223. The molecule has 2 aliphatic rings. The molecule has 0 radical (unpaired) electrons. The maximum Gasteiger partial charge on any atom is 0.192 e. The lowest BCUT2D eigenvalue weighted by Crippen LogP contribution is -2.47. The molecule has 4 rings (SSSR count). The van der Waals surface area contributed by atoms with Crippen molar-refractivity contribution in [1.82, 2.24) is 10.6 Å². The van der Waals surface area contributed by atoms with Gasteiger partial charge in [-0.1, -0.05) is 18.2 Å². The van der Waals surface area contributed by atoms with Crippen LogP contribution in [-0.2, 0) is 6.42 Å². The van der Waals surface area contributed by atoms with E-state index in [0.717, 1.165) is 42.7 Å². The van der Waals surface area contributed by atoms with E-state index in [1.54, 1.807) is 6.26 Å². The maximum atomic E-state index is 5.80. The number of aliphatic imine (C=N–C) groups is 1. The summed E-state index contributed by atoms with van der Waals surface area (Å²) in [7, 11) is 0. The number of hydrogen-bond acceptors (Lipinski definition) is 4. The van der Waals surface area contributed by atoms with Crippen LogP contribution >= 0.6 is 11.8 Å². The molecule has 1 fully saturated rings. The highest BCUT2D eigenvalue weighted by Gasteiger charge is 2.23. The van der Waals surface area contributed by atoms with E-state index in [-0.39, 0.29) is 6.04 Å². The first-order valence-electron chi connectivity index (χ1n) is 9.78. The van der Waals surface area contributed by atoms with Crippen molar-refractivity contribution in [2.75, 3.05) is 24.7 Å². The van der Waals surface area contributed by atoms with Gasteiger partial charge in [-0.25, -0.2) is 0 Å². The number of rotatable bonds is 5. The summed E-state index contributed by atoms with van der Waals surface area (Å²) < 4.78 is 11.2. The van der Waals surface area contributed by atoms with Gasteiger partial charge in [-0.05, 0) is 36.8 Å². The lowest BCUT2D eigenvalue weighted by Gasteiger charge is -2.30. The van der Waals surface area contributed by atoms with Gasteiger partial charge in [0.05, 0.1) is 18.9 Å². The Morgan fingerprint density at radius 3 is 2.96 bits per heavy atom. The van der Waals surface area contributed by atoms with Gasteiger partial charge in [0.25, 0.3) is 0 Å². The van der Waals surface area contributed by atoms with Crippen LogP contribution in [0, 0.1) is 0 Å². The fourth-order valence-electron chi connectivity index (χ4n) is 3.57. The van der Waals surface area contributed by atoms with Gasteiger partial charge in [0, 0.05) is 36.7 Å². The molecule has 2 atom stereocenters.